The Kier molecular flexibility index (Phi) is 6.60. The van der Waals surface area contributed by atoms with Crippen LogP contribution in [0.25, 0.3) is 0 Å². The molecule has 3 heterocycles. The molecule has 8 nitrogen and oxygen atoms in total. The molecule has 0 saturated carbocycles. The van der Waals surface area contributed by atoms with Crippen LogP contribution < -0.4 is 4.90 Å². The van der Waals surface area contributed by atoms with Gasteiger partial charge in [-0.15, -0.1) is 5.10 Å². The first kappa shape index (κ1) is 22.9. The summed E-state index contributed by atoms with van der Waals surface area (Å²) in [6, 6.07) is 14.9. The number of hydrogen-bond donors (Lipinski definition) is 0. The van der Waals surface area contributed by atoms with Crippen LogP contribution in [-0.4, -0.2) is 59.1 Å². The van der Waals surface area contributed by atoms with Gasteiger partial charge < -0.3 is 4.90 Å². The highest BCUT2D eigenvalue weighted by molar-refractivity contribution is 7.89. The van der Waals surface area contributed by atoms with Crippen LogP contribution in [0.15, 0.2) is 54.9 Å². The summed E-state index contributed by atoms with van der Waals surface area (Å²) in [6.45, 7) is 2.38. The summed E-state index contributed by atoms with van der Waals surface area (Å²) in [5, 5.41) is 10.9. The number of rotatable bonds is 6. The van der Waals surface area contributed by atoms with E-state index in [9.17, 15) is 12.8 Å². The van der Waals surface area contributed by atoms with Gasteiger partial charge in [-0.2, -0.15) is 0 Å². The lowest BCUT2D eigenvalue weighted by Crippen LogP contribution is -2.41. The monoisotopic (exact) mass is 484 g/mol. The third-order valence-corrected chi connectivity index (χ3v) is 9.31. The van der Waals surface area contributed by atoms with Crippen LogP contribution in [0.1, 0.15) is 48.1 Å². The van der Waals surface area contributed by atoms with Crippen molar-refractivity contribution in [2.45, 2.75) is 43.4 Å². The summed E-state index contributed by atoms with van der Waals surface area (Å²) in [5.41, 5.74) is 2.22. The molecule has 5 rings (SSSR count). The molecule has 1 aromatic heterocycles. The van der Waals surface area contributed by atoms with Crippen LogP contribution in [0.4, 0.5) is 10.1 Å². The normalized spacial score (nSPS) is 21.6. The molecule has 3 aromatic rings. The van der Waals surface area contributed by atoms with Crippen molar-refractivity contribution in [2.75, 3.05) is 31.1 Å². The lowest BCUT2D eigenvalue weighted by molar-refractivity contribution is 0.359. The maximum Gasteiger partial charge on any atom is 0.221 e. The molecule has 2 aliphatic rings. The van der Waals surface area contributed by atoms with E-state index >= 15 is 0 Å². The molecule has 0 bridgehead atoms. The zero-order valence-electron chi connectivity index (χ0n) is 19.0. The Balaban J connectivity index is 1.21. The largest absolute Gasteiger partial charge is 0.371 e. The van der Waals surface area contributed by atoms with Crippen molar-refractivity contribution >= 4 is 15.7 Å². The molecule has 2 aliphatic heterocycles. The second-order valence-corrected chi connectivity index (χ2v) is 11.1. The van der Waals surface area contributed by atoms with Crippen molar-refractivity contribution in [1.82, 2.24) is 24.5 Å². The Morgan fingerprint density at radius 3 is 2.50 bits per heavy atom. The molecule has 180 valence electrons. The van der Waals surface area contributed by atoms with Gasteiger partial charge in [0.25, 0.3) is 0 Å². The molecule has 10 heteroatoms. The van der Waals surface area contributed by atoms with Gasteiger partial charge in [-0.25, -0.2) is 21.8 Å². The summed E-state index contributed by atoms with van der Waals surface area (Å²) in [4.78, 5) is 2.17. The Bertz CT molecular complexity index is 1200. The summed E-state index contributed by atoms with van der Waals surface area (Å²) in [7, 11) is -3.46. The molecule has 1 atom stereocenters. The number of aromatic nitrogens is 4. The third kappa shape index (κ3) is 4.69. The number of tetrazole rings is 1. The topological polar surface area (TPSA) is 84.2 Å². The summed E-state index contributed by atoms with van der Waals surface area (Å²) >= 11 is 0. The summed E-state index contributed by atoms with van der Waals surface area (Å²) in [5.74, 6) is -0.283. The van der Waals surface area contributed by atoms with E-state index in [2.05, 4.69) is 20.4 Å². The molecular weight excluding hydrogens is 455 g/mol. The first-order valence-electron chi connectivity index (χ1n) is 11.8. The van der Waals surface area contributed by atoms with Crippen LogP contribution in [-0.2, 0) is 16.4 Å². The molecule has 2 aromatic carbocycles. The van der Waals surface area contributed by atoms with Gasteiger partial charge in [0.15, 0.2) is 0 Å². The van der Waals surface area contributed by atoms with E-state index in [4.69, 9.17) is 0 Å². The highest BCUT2D eigenvalue weighted by Gasteiger charge is 2.36. The van der Waals surface area contributed by atoms with E-state index in [1.807, 2.05) is 36.4 Å². The maximum atomic E-state index is 15.0. The van der Waals surface area contributed by atoms with Gasteiger partial charge in [0, 0.05) is 31.9 Å². The fourth-order valence-corrected chi connectivity index (χ4v) is 7.11. The van der Waals surface area contributed by atoms with Crippen LogP contribution in [0.3, 0.4) is 0 Å². The van der Waals surface area contributed by atoms with Gasteiger partial charge in [0.05, 0.1) is 6.04 Å². The number of anilines is 1. The minimum atomic E-state index is -3.46. The number of sulfonamides is 1. The van der Waals surface area contributed by atoms with Crippen molar-refractivity contribution < 1.29 is 12.8 Å². The summed E-state index contributed by atoms with van der Waals surface area (Å²) < 4.78 is 44.7. The lowest BCUT2D eigenvalue weighted by atomic mass is 10.0. The average molecular weight is 485 g/mol. The number of hydrogen-bond acceptors (Lipinski definition) is 6. The minimum Gasteiger partial charge on any atom is -0.371 e. The Morgan fingerprint density at radius 2 is 1.79 bits per heavy atom. The molecule has 0 radical (unpaired) electrons. The maximum absolute atomic E-state index is 15.0. The van der Waals surface area contributed by atoms with Crippen LogP contribution in [0, 0.1) is 5.82 Å². The average Bonchev–Trinajstić information content (AvgIpc) is 3.39. The summed E-state index contributed by atoms with van der Waals surface area (Å²) in [6.07, 6.45) is 5.21. The molecule has 0 amide bonds. The van der Waals surface area contributed by atoms with E-state index in [-0.39, 0.29) is 11.9 Å². The number of halogens is 1. The van der Waals surface area contributed by atoms with Crippen molar-refractivity contribution in [3.63, 3.8) is 0 Å². The Hall–Kier alpha value is -2.85. The van der Waals surface area contributed by atoms with Gasteiger partial charge in [0.1, 0.15) is 17.4 Å². The zero-order chi connectivity index (χ0) is 23.5. The molecule has 0 spiro atoms. The second-order valence-electron chi connectivity index (χ2n) is 9.02. The van der Waals surface area contributed by atoms with Gasteiger partial charge in [-0.1, -0.05) is 36.4 Å². The SMILES string of the molecule is O=S1(=O)C(c2ccccc2)CCCN1CCc1ccc(N2CCC(n3cnnn3)CC2)cc1F. The molecule has 34 heavy (non-hydrogen) atoms. The zero-order valence-corrected chi connectivity index (χ0v) is 19.8. The fourth-order valence-electron chi connectivity index (χ4n) is 5.06. The van der Waals surface area contributed by atoms with E-state index < -0.39 is 15.3 Å². The van der Waals surface area contributed by atoms with Gasteiger partial charge in [-0.3, -0.25) is 0 Å². The molecule has 1 unspecified atom stereocenters. The van der Waals surface area contributed by atoms with Crippen LogP contribution in [0.5, 0.6) is 0 Å². The Morgan fingerprint density at radius 1 is 1.00 bits per heavy atom. The van der Waals surface area contributed by atoms with Gasteiger partial charge >= 0.3 is 0 Å². The van der Waals surface area contributed by atoms with Crippen LogP contribution >= 0.6 is 0 Å². The van der Waals surface area contributed by atoms with Crippen molar-refractivity contribution in [2.24, 2.45) is 0 Å². The highest BCUT2D eigenvalue weighted by Crippen LogP contribution is 2.34. The lowest BCUT2D eigenvalue weighted by Gasteiger charge is -2.33. The van der Waals surface area contributed by atoms with E-state index in [1.54, 1.807) is 23.1 Å². The van der Waals surface area contributed by atoms with Gasteiger partial charge in [0.2, 0.25) is 10.0 Å². The van der Waals surface area contributed by atoms with Crippen molar-refractivity contribution in [3.05, 3.63) is 71.8 Å². The molecular formula is C24H29FN6O2S. The predicted molar refractivity (Wildman–Crippen MR) is 127 cm³/mol. The number of benzene rings is 2. The molecule has 0 N–H and O–H groups in total. The second kappa shape index (κ2) is 9.79. The first-order chi connectivity index (χ1) is 16.5. The molecule has 2 saturated heterocycles. The first-order valence-corrected chi connectivity index (χ1v) is 13.3. The number of nitrogens with zero attached hydrogens (tertiary/aromatic N) is 6. The van der Waals surface area contributed by atoms with Crippen molar-refractivity contribution in [1.29, 1.82) is 0 Å². The standard InChI is InChI=1S/C24H29FN6O2S/c25-23-17-22(29-14-11-21(12-15-29)31-18-26-27-28-31)9-8-19(23)10-16-30-13-4-7-24(34(30,32)33)20-5-2-1-3-6-20/h1-3,5-6,8-9,17-18,21,24H,4,7,10-16H2. The fraction of sp³-hybridized carbons (Fsp3) is 0.458. The quantitative estimate of drug-likeness (QED) is 0.534. The highest BCUT2D eigenvalue weighted by atomic mass is 32.2. The smallest absolute Gasteiger partial charge is 0.221 e. The van der Waals surface area contributed by atoms with E-state index in [0.29, 0.717) is 31.5 Å². The third-order valence-electron chi connectivity index (χ3n) is 7.00. The number of piperidine rings is 1. The van der Waals surface area contributed by atoms with Crippen LogP contribution in [0.2, 0.25) is 0 Å². The van der Waals surface area contributed by atoms with E-state index in [1.165, 1.54) is 4.31 Å². The van der Waals surface area contributed by atoms with Crippen molar-refractivity contribution in [3.8, 4) is 0 Å². The molecule has 2 fully saturated rings. The predicted octanol–water partition coefficient (Wildman–Crippen LogP) is 3.36. The van der Waals surface area contributed by atoms with E-state index in [0.717, 1.165) is 43.6 Å². The Labute approximate surface area is 199 Å². The van der Waals surface area contributed by atoms with Gasteiger partial charge in [-0.05, 0) is 65.8 Å². The minimum absolute atomic E-state index is 0.265. The molecule has 0 aliphatic carbocycles.